The van der Waals surface area contributed by atoms with Crippen molar-refractivity contribution in [1.82, 2.24) is 9.88 Å². The molecule has 0 spiro atoms. The highest BCUT2D eigenvalue weighted by Crippen LogP contribution is 2.31. The first-order valence-corrected chi connectivity index (χ1v) is 11.2. The minimum atomic E-state index is -0.383. The van der Waals surface area contributed by atoms with Gasteiger partial charge >= 0.3 is 0 Å². The molecule has 0 atom stereocenters. The van der Waals surface area contributed by atoms with Gasteiger partial charge in [-0.2, -0.15) is 0 Å². The van der Waals surface area contributed by atoms with E-state index in [4.69, 9.17) is 10.7 Å². The Bertz CT molecular complexity index is 1100. The summed E-state index contributed by atoms with van der Waals surface area (Å²) in [5, 5.41) is 0. The Kier molecular flexibility index (Phi) is 6.19. The molecule has 0 unspecified atom stereocenters. The molecule has 0 aliphatic carbocycles. The van der Waals surface area contributed by atoms with Gasteiger partial charge in [-0.3, -0.25) is 14.7 Å². The van der Waals surface area contributed by atoms with Crippen LogP contribution in [0.3, 0.4) is 0 Å². The summed E-state index contributed by atoms with van der Waals surface area (Å²) in [5.41, 5.74) is 15.6. The van der Waals surface area contributed by atoms with Gasteiger partial charge in [0.2, 0.25) is 5.91 Å². The van der Waals surface area contributed by atoms with E-state index >= 15 is 0 Å². The number of aromatic nitrogens is 1. The van der Waals surface area contributed by atoms with Crippen LogP contribution in [0.4, 0.5) is 0 Å². The van der Waals surface area contributed by atoms with E-state index in [1.807, 2.05) is 13.0 Å². The smallest absolute Gasteiger partial charge is 0.249 e. The maximum absolute atomic E-state index is 12.5. The molecule has 0 bridgehead atoms. The Balaban J connectivity index is 1.73. The molecular weight excluding hydrogens is 382 g/mol. The normalized spacial score (nSPS) is 13.8. The first kappa shape index (κ1) is 21.3. The summed E-state index contributed by atoms with van der Waals surface area (Å²) in [5.74, 6) is -0.383. The molecule has 4 nitrogen and oxygen atoms in total. The largest absolute Gasteiger partial charge is 0.366 e. The summed E-state index contributed by atoms with van der Waals surface area (Å²) in [4.78, 5) is 19.8. The van der Waals surface area contributed by atoms with Gasteiger partial charge < -0.3 is 5.73 Å². The molecule has 0 saturated heterocycles. The van der Waals surface area contributed by atoms with Crippen LogP contribution in [0.25, 0.3) is 11.3 Å². The van der Waals surface area contributed by atoms with Gasteiger partial charge in [-0.15, -0.1) is 0 Å². The monoisotopic (exact) mass is 413 g/mol. The Morgan fingerprint density at radius 2 is 1.71 bits per heavy atom. The Morgan fingerprint density at radius 3 is 2.35 bits per heavy atom. The van der Waals surface area contributed by atoms with Crippen LogP contribution < -0.4 is 5.73 Å². The van der Waals surface area contributed by atoms with Crippen LogP contribution in [0.2, 0.25) is 0 Å². The molecule has 0 fully saturated rings. The number of amides is 1. The predicted molar refractivity (Wildman–Crippen MR) is 126 cm³/mol. The van der Waals surface area contributed by atoms with Gasteiger partial charge in [0.15, 0.2) is 0 Å². The molecule has 0 radical (unpaired) electrons. The second-order valence-electron chi connectivity index (χ2n) is 8.37. The summed E-state index contributed by atoms with van der Waals surface area (Å²) in [6.45, 7) is 8.85. The lowest BCUT2D eigenvalue weighted by atomic mass is 9.92. The standard InChI is InChI=1S/C27H31N3O/c1-4-19-11-8-12-20(5-2)26(19)25-15-23(27(28)31)24(18(3)29-25)17-30-14-13-21-9-6-7-10-22(21)16-30/h6-12,15H,4-5,13-14,16-17H2,1-3H3,(H2,28,31). The van der Waals surface area contributed by atoms with Crippen LogP contribution in [0, 0.1) is 6.92 Å². The van der Waals surface area contributed by atoms with Crippen molar-refractivity contribution in [3.63, 3.8) is 0 Å². The molecule has 2 heterocycles. The van der Waals surface area contributed by atoms with Gasteiger partial charge in [0, 0.05) is 42.0 Å². The maximum atomic E-state index is 12.5. The molecule has 3 aromatic rings. The average Bonchev–Trinajstić information content (AvgIpc) is 2.79. The SMILES string of the molecule is CCc1cccc(CC)c1-c1cc(C(N)=O)c(CN2CCc3ccccc3C2)c(C)n1. The van der Waals surface area contributed by atoms with Crippen LogP contribution in [-0.4, -0.2) is 22.3 Å². The van der Waals surface area contributed by atoms with E-state index in [0.717, 1.165) is 54.9 Å². The van der Waals surface area contributed by atoms with Crippen molar-refractivity contribution < 1.29 is 4.79 Å². The minimum absolute atomic E-state index is 0.383. The fourth-order valence-electron chi connectivity index (χ4n) is 4.73. The van der Waals surface area contributed by atoms with Crippen molar-refractivity contribution in [2.24, 2.45) is 5.73 Å². The number of benzene rings is 2. The van der Waals surface area contributed by atoms with Gasteiger partial charge in [0.05, 0.1) is 5.69 Å². The molecule has 4 rings (SSSR count). The van der Waals surface area contributed by atoms with Crippen LogP contribution in [0.5, 0.6) is 0 Å². The number of hydrogen-bond acceptors (Lipinski definition) is 3. The first-order valence-electron chi connectivity index (χ1n) is 11.2. The van der Waals surface area contributed by atoms with Gasteiger partial charge in [-0.05, 0) is 54.5 Å². The van der Waals surface area contributed by atoms with E-state index in [1.165, 1.54) is 22.3 Å². The number of fused-ring (bicyclic) bond motifs is 1. The third-order valence-corrected chi connectivity index (χ3v) is 6.44. The lowest BCUT2D eigenvalue weighted by Crippen LogP contribution is -2.31. The van der Waals surface area contributed by atoms with Crippen molar-refractivity contribution >= 4 is 5.91 Å². The zero-order valence-corrected chi connectivity index (χ0v) is 18.7. The third kappa shape index (κ3) is 4.26. The van der Waals surface area contributed by atoms with Crippen molar-refractivity contribution in [1.29, 1.82) is 0 Å². The van der Waals surface area contributed by atoms with Crippen molar-refractivity contribution in [3.05, 3.63) is 87.6 Å². The summed E-state index contributed by atoms with van der Waals surface area (Å²) in [6.07, 6.45) is 2.87. The second-order valence-corrected chi connectivity index (χ2v) is 8.37. The highest BCUT2D eigenvalue weighted by atomic mass is 16.1. The number of nitrogens with two attached hydrogens (primary N) is 1. The molecule has 0 saturated carbocycles. The van der Waals surface area contributed by atoms with Crippen LogP contribution in [-0.2, 0) is 32.4 Å². The van der Waals surface area contributed by atoms with Gasteiger partial charge in [0.25, 0.3) is 0 Å². The number of pyridine rings is 1. The van der Waals surface area contributed by atoms with Crippen LogP contribution in [0.15, 0.2) is 48.5 Å². The first-order chi connectivity index (χ1) is 15.0. The molecular formula is C27H31N3O. The van der Waals surface area contributed by atoms with E-state index in [1.54, 1.807) is 0 Å². The maximum Gasteiger partial charge on any atom is 0.249 e. The van der Waals surface area contributed by atoms with Gasteiger partial charge in [-0.25, -0.2) is 0 Å². The van der Waals surface area contributed by atoms with E-state index in [2.05, 4.69) is 61.2 Å². The Morgan fingerprint density at radius 1 is 1.03 bits per heavy atom. The zero-order valence-electron chi connectivity index (χ0n) is 18.7. The fraction of sp³-hybridized carbons (Fsp3) is 0.333. The van der Waals surface area contributed by atoms with E-state index < -0.39 is 0 Å². The summed E-state index contributed by atoms with van der Waals surface area (Å²) in [6, 6.07) is 16.9. The Hall–Kier alpha value is -2.98. The number of hydrogen-bond donors (Lipinski definition) is 1. The lowest BCUT2D eigenvalue weighted by Gasteiger charge is -2.29. The summed E-state index contributed by atoms with van der Waals surface area (Å²) < 4.78 is 0. The number of carbonyl (C=O) groups excluding carboxylic acids is 1. The minimum Gasteiger partial charge on any atom is -0.366 e. The number of primary amides is 1. The molecule has 4 heteroatoms. The summed E-state index contributed by atoms with van der Waals surface area (Å²) in [7, 11) is 0. The van der Waals surface area contributed by atoms with Gasteiger partial charge in [-0.1, -0.05) is 56.3 Å². The zero-order chi connectivity index (χ0) is 22.0. The number of carbonyl (C=O) groups is 1. The van der Waals surface area contributed by atoms with Crippen molar-refractivity contribution in [3.8, 4) is 11.3 Å². The molecule has 1 amide bonds. The second kappa shape index (κ2) is 9.03. The summed E-state index contributed by atoms with van der Waals surface area (Å²) >= 11 is 0. The molecule has 160 valence electrons. The molecule has 2 aromatic carbocycles. The quantitative estimate of drug-likeness (QED) is 0.629. The lowest BCUT2D eigenvalue weighted by molar-refractivity contribution is 0.0997. The number of nitrogens with zero attached hydrogens (tertiary/aromatic N) is 2. The topological polar surface area (TPSA) is 59.2 Å². The third-order valence-electron chi connectivity index (χ3n) is 6.44. The van der Waals surface area contributed by atoms with Crippen LogP contribution in [0.1, 0.15) is 57.7 Å². The molecule has 1 aliphatic rings. The van der Waals surface area contributed by atoms with E-state index in [9.17, 15) is 4.79 Å². The van der Waals surface area contributed by atoms with Crippen molar-refractivity contribution in [2.45, 2.75) is 53.1 Å². The molecule has 1 aromatic heterocycles. The number of rotatable bonds is 6. The van der Waals surface area contributed by atoms with E-state index in [0.29, 0.717) is 12.1 Å². The van der Waals surface area contributed by atoms with Crippen molar-refractivity contribution in [2.75, 3.05) is 6.54 Å². The highest BCUT2D eigenvalue weighted by Gasteiger charge is 2.22. The highest BCUT2D eigenvalue weighted by molar-refractivity contribution is 5.95. The molecule has 31 heavy (non-hydrogen) atoms. The van der Waals surface area contributed by atoms with Crippen LogP contribution >= 0.6 is 0 Å². The fourth-order valence-corrected chi connectivity index (χ4v) is 4.73. The van der Waals surface area contributed by atoms with Gasteiger partial charge in [0.1, 0.15) is 0 Å². The molecule has 2 N–H and O–H groups in total. The number of aryl methyl sites for hydroxylation is 3. The molecule has 1 aliphatic heterocycles. The Labute approximate surface area is 185 Å². The predicted octanol–water partition coefficient (Wildman–Crippen LogP) is 4.84. The van der Waals surface area contributed by atoms with E-state index in [-0.39, 0.29) is 5.91 Å². The average molecular weight is 414 g/mol.